The van der Waals surface area contributed by atoms with Crippen LogP contribution >= 0.6 is 0 Å². The number of anilines is 1. The summed E-state index contributed by atoms with van der Waals surface area (Å²) in [6.07, 6.45) is 3.42. The van der Waals surface area contributed by atoms with Gasteiger partial charge >= 0.3 is 0 Å². The standard InChI is InChI=1S/C12H13N5O3/c13-10-3-2-9(8-11(10)17(19)20)12(18)14-5-7-16-6-1-4-15-16/h1-4,6,8H,5,7,13H2,(H,14,18). The average molecular weight is 275 g/mol. The quantitative estimate of drug-likeness (QED) is 0.475. The zero-order valence-electron chi connectivity index (χ0n) is 10.5. The summed E-state index contributed by atoms with van der Waals surface area (Å²) in [5, 5.41) is 17.4. The molecule has 0 aliphatic carbocycles. The van der Waals surface area contributed by atoms with Crippen molar-refractivity contribution in [1.29, 1.82) is 0 Å². The SMILES string of the molecule is Nc1ccc(C(=O)NCCn2cccn2)cc1[N+](=O)[O-]. The number of nitrogens with two attached hydrogens (primary N) is 1. The third kappa shape index (κ3) is 3.10. The van der Waals surface area contributed by atoms with Crippen molar-refractivity contribution in [2.24, 2.45) is 0 Å². The van der Waals surface area contributed by atoms with Crippen LogP contribution in [0.4, 0.5) is 11.4 Å². The largest absolute Gasteiger partial charge is 0.393 e. The Kier molecular flexibility index (Phi) is 3.94. The van der Waals surface area contributed by atoms with Crippen LogP contribution in [0.3, 0.4) is 0 Å². The highest BCUT2D eigenvalue weighted by molar-refractivity contribution is 5.95. The Morgan fingerprint density at radius 3 is 2.95 bits per heavy atom. The molecular weight excluding hydrogens is 262 g/mol. The Morgan fingerprint density at radius 1 is 1.50 bits per heavy atom. The first-order valence-electron chi connectivity index (χ1n) is 5.87. The lowest BCUT2D eigenvalue weighted by Crippen LogP contribution is -2.27. The van der Waals surface area contributed by atoms with E-state index in [1.54, 1.807) is 23.1 Å². The predicted octanol–water partition coefficient (Wildman–Crippen LogP) is 0.803. The van der Waals surface area contributed by atoms with Gasteiger partial charge in [-0.2, -0.15) is 5.10 Å². The smallest absolute Gasteiger partial charge is 0.292 e. The van der Waals surface area contributed by atoms with Crippen LogP contribution in [0.5, 0.6) is 0 Å². The number of amides is 1. The molecule has 1 heterocycles. The molecule has 0 atom stereocenters. The van der Waals surface area contributed by atoms with E-state index in [0.717, 1.165) is 0 Å². The van der Waals surface area contributed by atoms with E-state index in [1.165, 1.54) is 18.2 Å². The Hall–Kier alpha value is -2.90. The fraction of sp³-hybridized carbons (Fsp3) is 0.167. The molecule has 0 fully saturated rings. The first-order chi connectivity index (χ1) is 9.58. The maximum absolute atomic E-state index is 11.9. The number of hydrogen-bond acceptors (Lipinski definition) is 5. The van der Waals surface area contributed by atoms with Crippen molar-refractivity contribution in [3.8, 4) is 0 Å². The molecule has 3 N–H and O–H groups in total. The van der Waals surface area contributed by atoms with Gasteiger partial charge in [0.25, 0.3) is 11.6 Å². The third-order valence-electron chi connectivity index (χ3n) is 2.67. The minimum atomic E-state index is -0.615. The predicted molar refractivity (Wildman–Crippen MR) is 72.1 cm³/mol. The molecular formula is C12H13N5O3. The zero-order valence-corrected chi connectivity index (χ0v) is 10.5. The number of carbonyl (C=O) groups excluding carboxylic acids is 1. The summed E-state index contributed by atoms with van der Waals surface area (Å²) >= 11 is 0. The molecule has 8 nitrogen and oxygen atoms in total. The molecule has 0 unspecified atom stereocenters. The molecule has 0 radical (unpaired) electrons. The number of aromatic nitrogens is 2. The molecule has 0 bridgehead atoms. The molecule has 0 aliphatic rings. The zero-order chi connectivity index (χ0) is 14.5. The first kappa shape index (κ1) is 13.5. The van der Waals surface area contributed by atoms with Crippen LogP contribution < -0.4 is 11.1 Å². The Balaban J connectivity index is 1.98. The summed E-state index contributed by atoms with van der Waals surface area (Å²) in [5.41, 5.74) is 5.43. The van der Waals surface area contributed by atoms with E-state index in [4.69, 9.17) is 5.73 Å². The van der Waals surface area contributed by atoms with Crippen LogP contribution in [0.25, 0.3) is 0 Å². The number of nitrogen functional groups attached to an aromatic ring is 1. The van der Waals surface area contributed by atoms with Gasteiger partial charge < -0.3 is 11.1 Å². The van der Waals surface area contributed by atoms with Crippen molar-refractivity contribution in [3.63, 3.8) is 0 Å². The van der Waals surface area contributed by atoms with Gasteiger partial charge in [-0.15, -0.1) is 0 Å². The van der Waals surface area contributed by atoms with Gasteiger partial charge in [0.2, 0.25) is 0 Å². The van der Waals surface area contributed by atoms with Crippen molar-refractivity contribution in [3.05, 3.63) is 52.3 Å². The van der Waals surface area contributed by atoms with Crippen molar-refractivity contribution in [2.75, 3.05) is 12.3 Å². The number of nitrogens with one attached hydrogen (secondary N) is 1. The lowest BCUT2D eigenvalue weighted by Gasteiger charge is -2.06. The number of nitro groups is 1. The molecule has 1 amide bonds. The Bertz CT molecular complexity index is 624. The summed E-state index contributed by atoms with van der Waals surface area (Å²) in [4.78, 5) is 22.0. The minimum absolute atomic E-state index is 0.0306. The van der Waals surface area contributed by atoms with Crippen LogP contribution in [0.15, 0.2) is 36.7 Å². The van der Waals surface area contributed by atoms with E-state index < -0.39 is 4.92 Å². The molecule has 1 aromatic heterocycles. The number of rotatable bonds is 5. The Morgan fingerprint density at radius 2 is 2.30 bits per heavy atom. The van der Waals surface area contributed by atoms with Crippen LogP contribution in [-0.4, -0.2) is 27.2 Å². The van der Waals surface area contributed by atoms with Crippen molar-refractivity contribution >= 4 is 17.3 Å². The average Bonchev–Trinajstić information content (AvgIpc) is 2.92. The van der Waals surface area contributed by atoms with Crippen molar-refractivity contribution in [2.45, 2.75) is 6.54 Å². The molecule has 0 saturated carbocycles. The second kappa shape index (κ2) is 5.83. The van der Waals surface area contributed by atoms with Crippen LogP contribution in [0.2, 0.25) is 0 Å². The highest BCUT2D eigenvalue weighted by atomic mass is 16.6. The highest BCUT2D eigenvalue weighted by Crippen LogP contribution is 2.22. The van der Waals surface area contributed by atoms with Gasteiger partial charge in [-0.05, 0) is 18.2 Å². The van der Waals surface area contributed by atoms with Crippen molar-refractivity contribution < 1.29 is 9.72 Å². The van der Waals surface area contributed by atoms with Crippen LogP contribution in [-0.2, 0) is 6.54 Å². The molecule has 1 aromatic carbocycles. The second-order valence-electron chi connectivity index (χ2n) is 4.06. The van der Waals surface area contributed by atoms with E-state index in [9.17, 15) is 14.9 Å². The Labute approximate surface area is 114 Å². The molecule has 0 spiro atoms. The summed E-state index contributed by atoms with van der Waals surface area (Å²) in [6.45, 7) is 0.897. The topological polar surface area (TPSA) is 116 Å². The first-order valence-corrected chi connectivity index (χ1v) is 5.87. The van der Waals surface area contributed by atoms with Gasteiger partial charge in [0.05, 0.1) is 11.5 Å². The van der Waals surface area contributed by atoms with Gasteiger partial charge in [0.1, 0.15) is 5.69 Å². The molecule has 0 aliphatic heterocycles. The molecule has 2 rings (SSSR count). The summed E-state index contributed by atoms with van der Waals surface area (Å²) in [7, 11) is 0. The fourth-order valence-corrected chi connectivity index (χ4v) is 1.66. The summed E-state index contributed by atoms with van der Waals surface area (Å²) in [6, 6.07) is 5.75. The highest BCUT2D eigenvalue weighted by Gasteiger charge is 2.15. The fourth-order valence-electron chi connectivity index (χ4n) is 1.66. The van der Waals surface area contributed by atoms with Gasteiger partial charge in [-0.1, -0.05) is 0 Å². The third-order valence-corrected chi connectivity index (χ3v) is 2.67. The maximum atomic E-state index is 11.9. The van der Waals surface area contributed by atoms with E-state index in [1.807, 2.05) is 0 Å². The summed E-state index contributed by atoms with van der Waals surface area (Å²) in [5.74, 6) is -0.389. The molecule has 0 saturated heterocycles. The van der Waals surface area contributed by atoms with E-state index in [2.05, 4.69) is 10.4 Å². The van der Waals surface area contributed by atoms with Crippen molar-refractivity contribution in [1.82, 2.24) is 15.1 Å². The van der Waals surface area contributed by atoms with Gasteiger partial charge in [0, 0.05) is 30.6 Å². The monoisotopic (exact) mass is 275 g/mol. The normalized spacial score (nSPS) is 10.2. The number of carbonyl (C=O) groups is 1. The van der Waals surface area contributed by atoms with Crippen LogP contribution in [0, 0.1) is 10.1 Å². The van der Waals surface area contributed by atoms with Gasteiger partial charge in [0.15, 0.2) is 0 Å². The molecule has 20 heavy (non-hydrogen) atoms. The number of nitrogens with zero attached hydrogens (tertiary/aromatic N) is 3. The van der Waals surface area contributed by atoms with Gasteiger partial charge in [-0.25, -0.2) is 0 Å². The van der Waals surface area contributed by atoms with Crippen LogP contribution in [0.1, 0.15) is 10.4 Å². The number of benzene rings is 1. The number of nitro benzene ring substituents is 1. The molecule has 104 valence electrons. The van der Waals surface area contributed by atoms with E-state index in [-0.39, 0.29) is 22.8 Å². The lowest BCUT2D eigenvalue weighted by atomic mass is 10.1. The second-order valence-corrected chi connectivity index (χ2v) is 4.06. The number of hydrogen-bond donors (Lipinski definition) is 2. The van der Waals surface area contributed by atoms with Gasteiger partial charge in [-0.3, -0.25) is 19.6 Å². The summed E-state index contributed by atoms with van der Waals surface area (Å²) < 4.78 is 1.67. The van der Waals surface area contributed by atoms with E-state index >= 15 is 0 Å². The van der Waals surface area contributed by atoms with E-state index in [0.29, 0.717) is 13.1 Å². The molecule has 8 heteroatoms. The lowest BCUT2D eigenvalue weighted by molar-refractivity contribution is -0.383. The minimum Gasteiger partial charge on any atom is -0.393 e. The maximum Gasteiger partial charge on any atom is 0.292 e. The molecule has 2 aromatic rings.